The number of carboxylic acids is 2. The molecule has 0 saturated heterocycles. The fourth-order valence-corrected chi connectivity index (χ4v) is 4.57. The van der Waals surface area contributed by atoms with Crippen molar-refractivity contribution in [3.63, 3.8) is 0 Å². The highest BCUT2D eigenvalue weighted by Crippen LogP contribution is 2.44. The summed E-state index contributed by atoms with van der Waals surface area (Å²) in [5.74, 6) is -2.58. The highest BCUT2D eigenvalue weighted by molar-refractivity contribution is 5.74. The maximum Gasteiger partial charge on any atom is 0.307 e. The van der Waals surface area contributed by atoms with Gasteiger partial charge in [0.25, 0.3) is 0 Å². The molecule has 6 heteroatoms. The third-order valence-electron chi connectivity index (χ3n) is 5.92. The van der Waals surface area contributed by atoms with Crippen LogP contribution in [-0.2, 0) is 38.4 Å². The van der Waals surface area contributed by atoms with Crippen molar-refractivity contribution in [2.45, 2.75) is 71.6 Å². The standard InChI is InChI=1S/C26H34O6/c1-5-6-7-8-19-11-20(13-24(28)29)26(21(12-19)14-25(30)31)23-10-16(2)9-22(23)17(3)15-32-18(4)27/h10-12,22-23H,3,5-9,13-15H2,1-2,4H3,(H,28,29)(H,30,31)/t22-,23+/m0/s1. The Kier molecular flexibility index (Phi) is 9.24. The van der Waals surface area contributed by atoms with Crippen molar-refractivity contribution >= 4 is 17.9 Å². The largest absolute Gasteiger partial charge is 0.481 e. The monoisotopic (exact) mass is 442 g/mol. The average Bonchev–Trinajstić information content (AvgIpc) is 3.06. The molecule has 0 fully saturated rings. The average molecular weight is 443 g/mol. The molecule has 2 atom stereocenters. The van der Waals surface area contributed by atoms with Crippen LogP contribution in [0.15, 0.2) is 35.9 Å². The molecule has 1 aliphatic carbocycles. The maximum atomic E-state index is 11.7. The summed E-state index contributed by atoms with van der Waals surface area (Å²) in [4.78, 5) is 34.7. The van der Waals surface area contributed by atoms with E-state index in [1.807, 2.05) is 19.1 Å². The molecular formula is C26H34O6. The van der Waals surface area contributed by atoms with Gasteiger partial charge >= 0.3 is 17.9 Å². The highest BCUT2D eigenvalue weighted by Gasteiger charge is 2.33. The van der Waals surface area contributed by atoms with E-state index in [-0.39, 0.29) is 37.3 Å². The predicted octanol–water partition coefficient (Wildman–Crippen LogP) is 4.84. The van der Waals surface area contributed by atoms with E-state index in [2.05, 4.69) is 19.6 Å². The van der Waals surface area contributed by atoms with Crippen LogP contribution in [0.25, 0.3) is 0 Å². The van der Waals surface area contributed by atoms with Crippen LogP contribution < -0.4 is 0 Å². The van der Waals surface area contributed by atoms with Gasteiger partial charge in [0.15, 0.2) is 0 Å². The number of benzene rings is 1. The summed E-state index contributed by atoms with van der Waals surface area (Å²) >= 11 is 0. The Bertz CT molecular complexity index is 874. The van der Waals surface area contributed by atoms with E-state index in [1.165, 1.54) is 6.92 Å². The molecular weight excluding hydrogens is 408 g/mol. The summed E-state index contributed by atoms with van der Waals surface area (Å²) in [6, 6.07) is 3.86. The SMILES string of the molecule is C=C(COC(C)=O)[C@@H]1CC(C)=C[C@H]1c1c(CC(=O)O)cc(CCCCC)cc1CC(=O)O. The summed E-state index contributed by atoms with van der Waals surface area (Å²) in [5.41, 5.74) is 4.92. The van der Waals surface area contributed by atoms with Crippen LogP contribution in [0.4, 0.5) is 0 Å². The van der Waals surface area contributed by atoms with E-state index in [0.29, 0.717) is 17.5 Å². The van der Waals surface area contributed by atoms with E-state index in [1.54, 1.807) is 0 Å². The van der Waals surface area contributed by atoms with Gasteiger partial charge < -0.3 is 14.9 Å². The van der Waals surface area contributed by atoms with Gasteiger partial charge in [-0.05, 0) is 59.9 Å². The van der Waals surface area contributed by atoms with Gasteiger partial charge in [-0.15, -0.1) is 0 Å². The number of unbranched alkanes of at least 4 members (excludes halogenated alkanes) is 2. The lowest BCUT2D eigenvalue weighted by Gasteiger charge is -2.27. The van der Waals surface area contributed by atoms with E-state index < -0.39 is 11.9 Å². The lowest BCUT2D eigenvalue weighted by atomic mass is 9.78. The number of esters is 1. The summed E-state index contributed by atoms with van der Waals surface area (Å²) in [6.07, 6.45) is 6.34. The minimum Gasteiger partial charge on any atom is -0.481 e. The van der Waals surface area contributed by atoms with Gasteiger partial charge in [0.05, 0.1) is 12.8 Å². The first-order valence-electron chi connectivity index (χ1n) is 11.2. The van der Waals surface area contributed by atoms with Crippen LogP contribution >= 0.6 is 0 Å². The van der Waals surface area contributed by atoms with Gasteiger partial charge in [-0.3, -0.25) is 14.4 Å². The first kappa shape index (κ1) is 25.4. The second-order valence-electron chi connectivity index (χ2n) is 8.71. The normalized spacial score (nSPS) is 17.7. The molecule has 0 bridgehead atoms. The van der Waals surface area contributed by atoms with E-state index in [9.17, 15) is 24.6 Å². The molecule has 6 nitrogen and oxygen atoms in total. The summed E-state index contributed by atoms with van der Waals surface area (Å²) in [7, 11) is 0. The van der Waals surface area contributed by atoms with Crippen LogP contribution in [0.3, 0.4) is 0 Å². The molecule has 2 rings (SSSR count). The van der Waals surface area contributed by atoms with E-state index in [4.69, 9.17) is 4.74 Å². The van der Waals surface area contributed by atoms with Crippen LogP contribution in [0.1, 0.15) is 74.6 Å². The molecule has 0 unspecified atom stereocenters. The number of aliphatic carboxylic acids is 2. The van der Waals surface area contributed by atoms with Crippen molar-refractivity contribution in [3.05, 3.63) is 58.2 Å². The van der Waals surface area contributed by atoms with Crippen molar-refractivity contribution in [3.8, 4) is 0 Å². The lowest BCUT2D eigenvalue weighted by Crippen LogP contribution is -2.19. The number of carboxylic acid groups (broad SMARTS) is 2. The number of rotatable bonds is 12. The van der Waals surface area contributed by atoms with Gasteiger partial charge in [-0.25, -0.2) is 0 Å². The number of allylic oxidation sites excluding steroid dienone is 2. The second-order valence-corrected chi connectivity index (χ2v) is 8.71. The molecule has 32 heavy (non-hydrogen) atoms. The molecule has 0 aromatic heterocycles. The van der Waals surface area contributed by atoms with Crippen molar-refractivity contribution in [1.82, 2.24) is 0 Å². The van der Waals surface area contributed by atoms with Crippen LogP contribution in [0.2, 0.25) is 0 Å². The summed E-state index contributed by atoms with van der Waals surface area (Å²) in [6.45, 7) is 9.68. The minimum atomic E-state index is -0.952. The number of carbonyl (C=O) groups is 3. The fourth-order valence-electron chi connectivity index (χ4n) is 4.57. The quantitative estimate of drug-likeness (QED) is 0.273. The third-order valence-corrected chi connectivity index (χ3v) is 5.92. The fraction of sp³-hybridized carbons (Fsp3) is 0.500. The van der Waals surface area contributed by atoms with Gasteiger partial charge in [0.2, 0.25) is 0 Å². The molecule has 0 heterocycles. The first-order chi connectivity index (χ1) is 15.1. The smallest absolute Gasteiger partial charge is 0.307 e. The number of aryl methyl sites for hydroxylation is 1. The Hall–Kier alpha value is -2.89. The Morgan fingerprint density at radius 1 is 1.09 bits per heavy atom. The van der Waals surface area contributed by atoms with Gasteiger partial charge in [-0.2, -0.15) is 0 Å². The van der Waals surface area contributed by atoms with Crippen LogP contribution in [0, 0.1) is 5.92 Å². The summed E-state index contributed by atoms with van der Waals surface area (Å²) in [5, 5.41) is 19.2. The molecule has 1 aromatic carbocycles. The number of ether oxygens (including phenoxy) is 1. The van der Waals surface area contributed by atoms with E-state index in [0.717, 1.165) is 48.0 Å². The third kappa shape index (κ3) is 7.08. The van der Waals surface area contributed by atoms with Gasteiger partial charge in [-0.1, -0.05) is 50.1 Å². The van der Waals surface area contributed by atoms with Crippen molar-refractivity contribution < 1.29 is 29.3 Å². The molecule has 174 valence electrons. The topological polar surface area (TPSA) is 101 Å². The Morgan fingerprint density at radius 3 is 2.19 bits per heavy atom. The number of hydrogen-bond acceptors (Lipinski definition) is 4. The zero-order valence-electron chi connectivity index (χ0n) is 19.3. The molecule has 0 saturated carbocycles. The number of carbonyl (C=O) groups excluding carboxylic acids is 1. The van der Waals surface area contributed by atoms with Crippen LogP contribution in [-0.4, -0.2) is 34.7 Å². The second kappa shape index (κ2) is 11.7. The highest BCUT2D eigenvalue weighted by atomic mass is 16.5. The van der Waals surface area contributed by atoms with Crippen molar-refractivity contribution in [2.24, 2.45) is 5.92 Å². The zero-order chi connectivity index (χ0) is 23.8. The number of hydrogen-bond donors (Lipinski definition) is 2. The lowest BCUT2D eigenvalue weighted by molar-refractivity contribution is -0.140. The maximum absolute atomic E-state index is 11.7. The van der Waals surface area contributed by atoms with Crippen molar-refractivity contribution in [2.75, 3.05) is 6.61 Å². The van der Waals surface area contributed by atoms with Crippen LogP contribution in [0.5, 0.6) is 0 Å². The Balaban J connectivity index is 2.55. The Labute approximate surface area is 190 Å². The minimum absolute atomic E-state index is 0.0830. The van der Waals surface area contributed by atoms with Gasteiger partial charge in [0, 0.05) is 12.8 Å². The zero-order valence-corrected chi connectivity index (χ0v) is 19.3. The van der Waals surface area contributed by atoms with E-state index >= 15 is 0 Å². The molecule has 0 aliphatic heterocycles. The Morgan fingerprint density at radius 2 is 1.69 bits per heavy atom. The molecule has 1 aromatic rings. The molecule has 0 amide bonds. The molecule has 0 radical (unpaired) electrons. The summed E-state index contributed by atoms with van der Waals surface area (Å²) < 4.78 is 5.15. The first-order valence-corrected chi connectivity index (χ1v) is 11.2. The predicted molar refractivity (Wildman–Crippen MR) is 123 cm³/mol. The van der Waals surface area contributed by atoms with Crippen molar-refractivity contribution in [1.29, 1.82) is 0 Å². The van der Waals surface area contributed by atoms with Gasteiger partial charge in [0.1, 0.15) is 6.61 Å². The molecule has 2 N–H and O–H groups in total. The molecule has 1 aliphatic rings. The molecule has 0 spiro atoms.